The standard InChI is InChI=1S/C11H10FN3OS/c1-6-5-7(12)3-4-8(6)9-13-10(16-2)15-11(17)14-9/h3-5H,1-2H3,(H,13,14,15,17). The average Bonchev–Trinajstić information content (AvgIpc) is 2.28. The monoisotopic (exact) mass is 251 g/mol. The highest BCUT2D eigenvalue weighted by atomic mass is 32.1. The van der Waals surface area contributed by atoms with Gasteiger partial charge in [0.15, 0.2) is 0 Å². The van der Waals surface area contributed by atoms with Gasteiger partial charge in [-0.25, -0.2) is 9.37 Å². The molecule has 0 aliphatic carbocycles. The third-order valence-electron chi connectivity index (χ3n) is 2.27. The maximum atomic E-state index is 13.0. The Morgan fingerprint density at radius 3 is 2.76 bits per heavy atom. The molecule has 0 radical (unpaired) electrons. The van der Waals surface area contributed by atoms with Crippen molar-refractivity contribution < 1.29 is 9.13 Å². The van der Waals surface area contributed by atoms with Crippen LogP contribution in [-0.4, -0.2) is 22.1 Å². The third-order valence-corrected chi connectivity index (χ3v) is 2.45. The van der Waals surface area contributed by atoms with Crippen molar-refractivity contribution in [1.29, 1.82) is 0 Å². The van der Waals surface area contributed by atoms with E-state index in [1.165, 1.54) is 19.2 Å². The summed E-state index contributed by atoms with van der Waals surface area (Å²) in [5.74, 6) is 0.227. The quantitative estimate of drug-likeness (QED) is 0.834. The van der Waals surface area contributed by atoms with Gasteiger partial charge in [-0.2, -0.15) is 4.98 Å². The Kier molecular flexibility index (Phi) is 3.14. The molecule has 0 aliphatic rings. The van der Waals surface area contributed by atoms with Crippen molar-refractivity contribution in [3.8, 4) is 17.4 Å². The smallest absolute Gasteiger partial charge is 0.297 e. The van der Waals surface area contributed by atoms with E-state index >= 15 is 0 Å². The van der Waals surface area contributed by atoms with E-state index < -0.39 is 0 Å². The number of hydrogen-bond donors (Lipinski definition) is 1. The molecule has 0 amide bonds. The van der Waals surface area contributed by atoms with Crippen LogP contribution in [-0.2, 0) is 0 Å². The van der Waals surface area contributed by atoms with Crippen molar-refractivity contribution >= 4 is 12.2 Å². The van der Waals surface area contributed by atoms with Crippen LogP contribution >= 0.6 is 12.2 Å². The number of H-pyrrole nitrogens is 1. The Hall–Kier alpha value is -1.82. The Morgan fingerprint density at radius 2 is 2.12 bits per heavy atom. The zero-order valence-electron chi connectivity index (χ0n) is 9.32. The molecule has 0 unspecified atom stereocenters. The maximum Gasteiger partial charge on any atom is 0.297 e. The molecule has 1 aromatic heterocycles. The summed E-state index contributed by atoms with van der Waals surface area (Å²) < 4.78 is 18.2. The molecule has 4 nitrogen and oxygen atoms in total. The van der Waals surface area contributed by atoms with E-state index in [-0.39, 0.29) is 16.6 Å². The van der Waals surface area contributed by atoms with Crippen LogP contribution in [0.5, 0.6) is 6.01 Å². The molecule has 6 heteroatoms. The fourth-order valence-electron chi connectivity index (χ4n) is 1.48. The molecule has 1 heterocycles. The van der Waals surface area contributed by atoms with E-state index in [1.807, 2.05) is 0 Å². The van der Waals surface area contributed by atoms with Crippen LogP contribution in [0.1, 0.15) is 5.56 Å². The van der Waals surface area contributed by atoms with Gasteiger partial charge in [0, 0.05) is 5.56 Å². The number of aromatic nitrogens is 3. The molecule has 0 spiro atoms. The van der Waals surface area contributed by atoms with Crippen molar-refractivity contribution in [3.63, 3.8) is 0 Å². The summed E-state index contributed by atoms with van der Waals surface area (Å²) in [6.45, 7) is 1.80. The zero-order chi connectivity index (χ0) is 12.4. The van der Waals surface area contributed by atoms with Crippen molar-refractivity contribution in [2.24, 2.45) is 0 Å². The fourth-order valence-corrected chi connectivity index (χ4v) is 1.66. The normalized spacial score (nSPS) is 10.3. The van der Waals surface area contributed by atoms with Gasteiger partial charge in [-0.15, -0.1) is 0 Å². The van der Waals surface area contributed by atoms with E-state index in [2.05, 4.69) is 15.0 Å². The number of rotatable bonds is 2. The van der Waals surface area contributed by atoms with Crippen LogP contribution in [0, 0.1) is 17.5 Å². The predicted octanol–water partition coefficient (Wildman–Crippen LogP) is 2.66. The van der Waals surface area contributed by atoms with Gasteiger partial charge < -0.3 is 4.74 Å². The number of hydrogen-bond acceptors (Lipinski definition) is 4. The van der Waals surface area contributed by atoms with Gasteiger partial charge in [0.2, 0.25) is 4.77 Å². The van der Waals surface area contributed by atoms with E-state index in [1.54, 1.807) is 13.0 Å². The Labute approximate surface area is 103 Å². The lowest BCUT2D eigenvalue weighted by Crippen LogP contribution is -1.99. The largest absolute Gasteiger partial charge is 0.468 e. The van der Waals surface area contributed by atoms with Crippen molar-refractivity contribution in [3.05, 3.63) is 34.4 Å². The molecule has 0 fully saturated rings. The minimum Gasteiger partial charge on any atom is -0.468 e. The molecule has 0 aliphatic heterocycles. The summed E-state index contributed by atoms with van der Waals surface area (Å²) in [4.78, 5) is 10.8. The molecule has 2 rings (SSSR count). The zero-order valence-corrected chi connectivity index (χ0v) is 10.1. The van der Waals surface area contributed by atoms with E-state index in [0.29, 0.717) is 5.82 Å². The summed E-state index contributed by atoms with van der Waals surface area (Å²) in [5.41, 5.74) is 1.52. The topological polar surface area (TPSA) is 50.8 Å². The first-order valence-corrected chi connectivity index (χ1v) is 5.30. The van der Waals surface area contributed by atoms with Gasteiger partial charge in [0.1, 0.15) is 11.6 Å². The SMILES string of the molecule is COc1nc(=S)nc(-c2ccc(F)cc2C)[nH]1. The minimum absolute atomic E-state index is 0.180. The summed E-state index contributed by atoms with van der Waals surface area (Å²) in [5, 5.41) is 0. The van der Waals surface area contributed by atoms with Gasteiger partial charge in [-0.1, -0.05) is 0 Å². The molecule has 0 atom stereocenters. The van der Waals surface area contributed by atoms with Crippen molar-refractivity contribution in [1.82, 2.24) is 15.0 Å². The highest BCUT2D eigenvalue weighted by Crippen LogP contribution is 2.21. The third kappa shape index (κ3) is 2.47. The van der Waals surface area contributed by atoms with Crippen molar-refractivity contribution in [2.75, 3.05) is 7.11 Å². The van der Waals surface area contributed by atoms with Crippen LogP contribution in [0.4, 0.5) is 4.39 Å². The van der Waals surface area contributed by atoms with Gasteiger partial charge >= 0.3 is 0 Å². The average molecular weight is 251 g/mol. The van der Waals surface area contributed by atoms with Gasteiger partial charge in [0.25, 0.3) is 6.01 Å². The highest BCUT2D eigenvalue weighted by Gasteiger charge is 2.07. The Bertz CT molecular complexity index is 612. The molecule has 88 valence electrons. The molecular formula is C11H10FN3OS. The molecular weight excluding hydrogens is 241 g/mol. The summed E-state index contributed by atoms with van der Waals surface area (Å²) >= 11 is 4.93. The number of nitrogens with zero attached hydrogens (tertiary/aromatic N) is 2. The van der Waals surface area contributed by atoms with E-state index in [0.717, 1.165) is 11.1 Å². The number of ether oxygens (including phenoxy) is 1. The molecule has 2 aromatic rings. The number of benzene rings is 1. The molecule has 0 saturated heterocycles. The first kappa shape index (κ1) is 11.7. The highest BCUT2D eigenvalue weighted by molar-refractivity contribution is 7.71. The number of aromatic amines is 1. The van der Waals surface area contributed by atoms with Crippen LogP contribution in [0.25, 0.3) is 11.4 Å². The first-order chi connectivity index (χ1) is 8.10. The molecule has 17 heavy (non-hydrogen) atoms. The number of methoxy groups -OCH3 is 1. The molecule has 0 saturated carbocycles. The first-order valence-electron chi connectivity index (χ1n) is 4.89. The summed E-state index contributed by atoms with van der Waals surface area (Å²) in [6, 6.07) is 4.72. The van der Waals surface area contributed by atoms with Crippen LogP contribution in [0.3, 0.4) is 0 Å². The van der Waals surface area contributed by atoms with Gasteiger partial charge in [-0.3, -0.25) is 4.98 Å². The second-order valence-corrected chi connectivity index (χ2v) is 3.81. The summed E-state index contributed by atoms with van der Waals surface area (Å²) in [6.07, 6.45) is 0. The van der Waals surface area contributed by atoms with Crippen LogP contribution in [0.15, 0.2) is 18.2 Å². The lowest BCUT2D eigenvalue weighted by Gasteiger charge is -2.06. The molecule has 1 aromatic carbocycles. The summed E-state index contributed by atoms with van der Waals surface area (Å²) in [7, 11) is 1.48. The maximum absolute atomic E-state index is 13.0. The predicted molar refractivity (Wildman–Crippen MR) is 63.9 cm³/mol. The van der Waals surface area contributed by atoms with Crippen LogP contribution < -0.4 is 4.74 Å². The van der Waals surface area contributed by atoms with Crippen LogP contribution in [0.2, 0.25) is 0 Å². The van der Waals surface area contributed by atoms with Crippen molar-refractivity contribution in [2.45, 2.75) is 6.92 Å². The number of halogens is 1. The lowest BCUT2D eigenvalue weighted by atomic mass is 10.1. The second-order valence-electron chi connectivity index (χ2n) is 3.45. The number of aryl methyl sites for hydroxylation is 1. The van der Waals surface area contributed by atoms with E-state index in [9.17, 15) is 4.39 Å². The van der Waals surface area contributed by atoms with Gasteiger partial charge in [0.05, 0.1) is 7.11 Å². The fraction of sp³-hybridized carbons (Fsp3) is 0.182. The second kappa shape index (κ2) is 4.58. The Morgan fingerprint density at radius 1 is 1.35 bits per heavy atom. The van der Waals surface area contributed by atoms with E-state index in [4.69, 9.17) is 17.0 Å². The lowest BCUT2D eigenvalue weighted by molar-refractivity contribution is 0.378. The minimum atomic E-state index is -0.286. The van der Waals surface area contributed by atoms with Gasteiger partial charge in [-0.05, 0) is 42.9 Å². The molecule has 1 N–H and O–H groups in total. The molecule has 0 bridgehead atoms. The number of nitrogens with one attached hydrogen (secondary N) is 1. The Balaban J connectivity index is 2.60.